The molecule has 5 aromatic rings. The molecule has 0 radical (unpaired) electrons. The predicted octanol–water partition coefficient (Wildman–Crippen LogP) is 7.42. The number of hydrogen-bond acceptors (Lipinski definition) is 7. The molecule has 1 aromatic heterocycles. The molecule has 0 fully saturated rings. The molecule has 3 N–H and O–H groups in total. The van der Waals surface area contributed by atoms with E-state index in [4.69, 9.17) is 4.98 Å². The number of nitrogens with one attached hydrogen (secondary N) is 3. The summed E-state index contributed by atoms with van der Waals surface area (Å²) in [5.41, 5.74) is 3.54. The fourth-order valence-electron chi connectivity index (χ4n) is 4.42. The Kier molecular flexibility index (Phi) is 8.41. The van der Waals surface area contributed by atoms with Gasteiger partial charge in [-0.1, -0.05) is 72.0 Å². The molecule has 216 valence electrons. The van der Waals surface area contributed by atoms with E-state index in [-0.39, 0.29) is 10.8 Å². The SMILES string of the molecule is CC(C)(C)NS(=O)(=O)c1ccccc1-c1ccc(NC(=O)c2sc(Nc3ccccc3)nc2-c2cccc(C#N)c2)cc1. The molecule has 43 heavy (non-hydrogen) atoms. The highest BCUT2D eigenvalue weighted by Gasteiger charge is 2.25. The minimum Gasteiger partial charge on any atom is -0.332 e. The first-order valence-corrected chi connectivity index (χ1v) is 15.7. The summed E-state index contributed by atoms with van der Waals surface area (Å²) >= 11 is 1.21. The maximum atomic E-state index is 13.6. The summed E-state index contributed by atoms with van der Waals surface area (Å²) in [6.45, 7) is 5.38. The molecule has 0 aliphatic heterocycles. The van der Waals surface area contributed by atoms with Crippen LogP contribution in [-0.2, 0) is 10.0 Å². The number of anilines is 3. The van der Waals surface area contributed by atoms with Crippen molar-refractivity contribution in [3.05, 3.63) is 114 Å². The normalized spacial score (nSPS) is 11.5. The van der Waals surface area contributed by atoms with Crippen LogP contribution in [0.15, 0.2) is 108 Å². The van der Waals surface area contributed by atoms with E-state index in [2.05, 4.69) is 21.4 Å². The largest absolute Gasteiger partial charge is 0.332 e. The van der Waals surface area contributed by atoms with Crippen LogP contribution in [-0.4, -0.2) is 24.8 Å². The molecule has 0 spiro atoms. The number of carbonyl (C=O) groups is 1. The molecule has 0 aliphatic rings. The Morgan fingerprint density at radius 1 is 0.837 bits per heavy atom. The molecule has 0 saturated heterocycles. The van der Waals surface area contributed by atoms with Gasteiger partial charge in [-0.2, -0.15) is 5.26 Å². The third-order valence-corrected chi connectivity index (χ3v) is 8.98. The highest BCUT2D eigenvalue weighted by Crippen LogP contribution is 2.34. The van der Waals surface area contributed by atoms with Crippen molar-refractivity contribution in [2.24, 2.45) is 0 Å². The van der Waals surface area contributed by atoms with Gasteiger partial charge < -0.3 is 10.6 Å². The van der Waals surface area contributed by atoms with Gasteiger partial charge in [-0.15, -0.1) is 0 Å². The van der Waals surface area contributed by atoms with Crippen molar-refractivity contribution in [1.82, 2.24) is 9.71 Å². The molecule has 0 saturated carbocycles. The predicted molar refractivity (Wildman–Crippen MR) is 172 cm³/mol. The zero-order chi connectivity index (χ0) is 30.6. The Balaban J connectivity index is 1.43. The molecule has 5 rings (SSSR count). The molecule has 0 atom stereocenters. The third kappa shape index (κ3) is 7.16. The summed E-state index contributed by atoms with van der Waals surface area (Å²) in [6.07, 6.45) is 0. The molecule has 1 amide bonds. The van der Waals surface area contributed by atoms with E-state index in [1.807, 2.05) is 36.4 Å². The van der Waals surface area contributed by atoms with E-state index in [1.54, 1.807) is 87.5 Å². The number of rotatable bonds is 8. The van der Waals surface area contributed by atoms with Crippen molar-refractivity contribution in [3.8, 4) is 28.5 Å². The second-order valence-electron chi connectivity index (χ2n) is 10.8. The topological polar surface area (TPSA) is 124 Å². The number of nitriles is 1. The number of carbonyl (C=O) groups excluding carboxylic acids is 1. The second kappa shape index (κ2) is 12.2. The average Bonchev–Trinajstić information content (AvgIpc) is 3.41. The van der Waals surface area contributed by atoms with E-state index < -0.39 is 15.6 Å². The average molecular weight is 608 g/mol. The van der Waals surface area contributed by atoms with Gasteiger partial charge in [-0.25, -0.2) is 18.1 Å². The van der Waals surface area contributed by atoms with Crippen molar-refractivity contribution >= 4 is 43.8 Å². The Labute approximate surface area is 255 Å². The molecule has 0 bridgehead atoms. The van der Waals surface area contributed by atoms with Crippen molar-refractivity contribution in [1.29, 1.82) is 5.26 Å². The number of nitrogens with zero attached hydrogens (tertiary/aromatic N) is 2. The number of thiazole rings is 1. The number of amides is 1. The second-order valence-corrected chi connectivity index (χ2v) is 13.4. The van der Waals surface area contributed by atoms with Crippen molar-refractivity contribution in [2.75, 3.05) is 10.6 Å². The van der Waals surface area contributed by atoms with Crippen LogP contribution in [0.2, 0.25) is 0 Å². The monoisotopic (exact) mass is 607 g/mol. The molecule has 4 aromatic carbocycles. The van der Waals surface area contributed by atoms with Crippen LogP contribution in [0.3, 0.4) is 0 Å². The maximum Gasteiger partial charge on any atom is 0.268 e. The molecular weight excluding hydrogens is 579 g/mol. The van der Waals surface area contributed by atoms with Crippen LogP contribution in [0.5, 0.6) is 0 Å². The first-order chi connectivity index (χ1) is 20.5. The molecule has 0 aliphatic carbocycles. The first kappa shape index (κ1) is 29.7. The van der Waals surface area contributed by atoms with Gasteiger partial charge in [0.25, 0.3) is 5.91 Å². The number of sulfonamides is 1. The van der Waals surface area contributed by atoms with Crippen LogP contribution in [0, 0.1) is 11.3 Å². The highest BCUT2D eigenvalue weighted by molar-refractivity contribution is 7.89. The maximum absolute atomic E-state index is 13.6. The minimum atomic E-state index is -3.77. The third-order valence-electron chi connectivity index (χ3n) is 6.19. The van der Waals surface area contributed by atoms with E-state index >= 15 is 0 Å². The Hall–Kier alpha value is -4.82. The van der Waals surface area contributed by atoms with Gasteiger partial charge in [-0.3, -0.25) is 4.79 Å². The summed E-state index contributed by atoms with van der Waals surface area (Å²) < 4.78 is 29.0. The van der Waals surface area contributed by atoms with Crippen LogP contribution in [0.1, 0.15) is 36.0 Å². The number of benzene rings is 4. The van der Waals surface area contributed by atoms with E-state index in [1.165, 1.54) is 11.3 Å². The lowest BCUT2D eigenvalue weighted by atomic mass is 10.1. The van der Waals surface area contributed by atoms with Gasteiger partial charge in [0.2, 0.25) is 10.0 Å². The van der Waals surface area contributed by atoms with Gasteiger partial charge in [0, 0.05) is 28.0 Å². The number of para-hydroxylation sites is 1. The lowest BCUT2D eigenvalue weighted by Gasteiger charge is -2.21. The van der Waals surface area contributed by atoms with E-state index in [0.29, 0.717) is 43.6 Å². The molecule has 1 heterocycles. The Morgan fingerprint density at radius 2 is 1.53 bits per heavy atom. The van der Waals surface area contributed by atoms with Crippen LogP contribution < -0.4 is 15.4 Å². The van der Waals surface area contributed by atoms with Crippen LogP contribution in [0.4, 0.5) is 16.5 Å². The van der Waals surface area contributed by atoms with Crippen molar-refractivity contribution in [3.63, 3.8) is 0 Å². The van der Waals surface area contributed by atoms with Gasteiger partial charge in [-0.05, 0) is 68.8 Å². The first-order valence-electron chi connectivity index (χ1n) is 13.4. The lowest BCUT2D eigenvalue weighted by molar-refractivity contribution is 0.103. The summed E-state index contributed by atoms with van der Waals surface area (Å²) in [4.78, 5) is 18.8. The quantitative estimate of drug-likeness (QED) is 0.169. The van der Waals surface area contributed by atoms with Crippen molar-refractivity contribution < 1.29 is 13.2 Å². The minimum absolute atomic E-state index is 0.175. The van der Waals surface area contributed by atoms with E-state index in [9.17, 15) is 18.5 Å². The number of hydrogen-bond donors (Lipinski definition) is 3. The molecule has 8 nitrogen and oxygen atoms in total. The molecular formula is C33H29N5O3S2. The van der Waals surface area contributed by atoms with Crippen molar-refractivity contribution in [2.45, 2.75) is 31.2 Å². The summed E-state index contributed by atoms with van der Waals surface area (Å²) in [5, 5.41) is 16.1. The standard InChI is InChI=1S/C33H29N5O3S2/c1-33(2,3)38-43(40,41)28-15-8-7-14-27(28)23-16-18-26(19-17-23)35-31(39)30-29(24-11-9-10-22(20-24)21-34)37-32(42-30)36-25-12-5-4-6-13-25/h4-20,38H,1-3H3,(H,35,39)(H,36,37). The smallest absolute Gasteiger partial charge is 0.268 e. The summed E-state index contributed by atoms with van der Waals surface area (Å²) in [7, 11) is -3.77. The Bertz CT molecular complexity index is 1920. The number of aromatic nitrogens is 1. The fraction of sp³-hybridized carbons (Fsp3) is 0.121. The Morgan fingerprint density at radius 3 is 2.23 bits per heavy atom. The van der Waals surface area contributed by atoms with Gasteiger partial charge in [0.1, 0.15) is 4.88 Å². The van der Waals surface area contributed by atoms with Gasteiger partial charge in [0.15, 0.2) is 5.13 Å². The van der Waals surface area contributed by atoms with Gasteiger partial charge in [0.05, 0.1) is 22.2 Å². The highest BCUT2D eigenvalue weighted by atomic mass is 32.2. The zero-order valence-corrected chi connectivity index (χ0v) is 25.4. The van der Waals surface area contributed by atoms with Crippen LogP contribution in [0.25, 0.3) is 22.4 Å². The molecule has 10 heteroatoms. The summed E-state index contributed by atoms with van der Waals surface area (Å²) in [6, 6.07) is 32.4. The molecule has 0 unspecified atom stereocenters. The zero-order valence-electron chi connectivity index (χ0n) is 23.8. The van der Waals surface area contributed by atoms with E-state index in [0.717, 1.165) is 5.69 Å². The summed E-state index contributed by atoms with van der Waals surface area (Å²) in [5.74, 6) is -0.360. The fourth-order valence-corrected chi connectivity index (χ4v) is 6.97. The lowest BCUT2D eigenvalue weighted by Crippen LogP contribution is -2.40. The van der Waals surface area contributed by atoms with Gasteiger partial charge >= 0.3 is 0 Å². The van der Waals surface area contributed by atoms with Crippen LogP contribution >= 0.6 is 11.3 Å².